The molecule has 0 unspecified atom stereocenters. The fourth-order valence-electron chi connectivity index (χ4n) is 2.80. The summed E-state index contributed by atoms with van der Waals surface area (Å²) in [6, 6.07) is 35.6. The minimum absolute atomic E-state index is 0.810. The number of nitrogens with two attached hydrogens (primary N) is 1. The molecule has 0 aliphatic carbocycles. The average Bonchev–Trinajstić information content (AvgIpc) is 2.79. The number of aryl methyl sites for hydroxylation is 1. The highest BCUT2D eigenvalue weighted by molar-refractivity contribution is 5.69. The standard InChI is InChI=1S/C19H18N4.C6H7N/c1-15-14-18(12-13-19(15)16-8-4-2-5-9-16)21-23-22-20-17-10-6-3-7-11-17;7-6-4-2-1-3-5-6/h2-14H,1H3,(H,20,23)(H,21,22);1-5H,7H2. The molecule has 4 aromatic rings. The Kier molecular flexibility index (Phi) is 7.57. The highest BCUT2D eigenvalue weighted by Gasteiger charge is 2.02. The van der Waals surface area contributed by atoms with E-state index in [1.54, 1.807) is 0 Å². The highest BCUT2D eigenvalue weighted by Crippen LogP contribution is 2.26. The highest BCUT2D eigenvalue weighted by atomic mass is 15.6. The molecular weight excluding hydrogens is 370 g/mol. The van der Waals surface area contributed by atoms with Crippen molar-refractivity contribution < 1.29 is 0 Å². The molecule has 5 heteroatoms. The third-order valence-electron chi connectivity index (χ3n) is 4.28. The molecule has 0 spiro atoms. The van der Waals surface area contributed by atoms with E-state index in [1.165, 1.54) is 16.7 Å². The van der Waals surface area contributed by atoms with E-state index in [0.717, 1.165) is 17.1 Å². The fraction of sp³-hybridized carbons (Fsp3) is 0.0400. The van der Waals surface area contributed by atoms with E-state index in [-0.39, 0.29) is 0 Å². The summed E-state index contributed by atoms with van der Waals surface area (Å²) >= 11 is 0. The van der Waals surface area contributed by atoms with Crippen molar-refractivity contribution >= 4 is 17.1 Å². The van der Waals surface area contributed by atoms with Crippen LogP contribution in [0.2, 0.25) is 0 Å². The van der Waals surface area contributed by atoms with E-state index in [4.69, 9.17) is 5.73 Å². The number of rotatable bonds is 5. The third-order valence-corrected chi connectivity index (χ3v) is 4.28. The minimum atomic E-state index is 0.810. The summed E-state index contributed by atoms with van der Waals surface area (Å²) in [6.07, 6.45) is 0. The van der Waals surface area contributed by atoms with Crippen LogP contribution < -0.4 is 16.7 Å². The predicted molar refractivity (Wildman–Crippen MR) is 125 cm³/mol. The quantitative estimate of drug-likeness (QED) is 0.204. The molecule has 0 heterocycles. The maximum absolute atomic E-state index is 5.36. The van der Waals surface area contributed by atoms with Gasteiger partial charge in [-0.2, -0.15) is 0 Å². The van der Waals surface area contributed by atoms with Crippen LogP contribution in [-0.2, 0) is 0 Å². The van der Waals surface area contributed by atoms with Crippen molar-refractivity contribution in [2.24, 2.45) is 10.3 Å². The molecular formula is C25H25N5. The largest absolute Gasteiger partial charge is 0.399 e. The monoisotopic (exact) mass is 395 g/mol. The van der Waals surface area contributed by atoms with Crippen LogP contribution in [0.25, 0.3) is 11.1 Å². The zero-order valence-electron chi connectivity index (χ0n) is 16.9. The smallest absolute Gasteiger partial charge is 0.0877 e. The van der Waals surface area contributed by atoms with Crippen LogP contribution in [-0.4, -0.2) is 0 Å². The Labute approximate surface area is 177 Å². The Hall–Kier alpha value is -4.12. The number of nitrogens with zero attached hydrogens (tertiary/aromatic N) is 2. The molecule has 4 aromatic carbocycles. The van der Waals surface area contributed by atoms with Gasteiger partial charge in [0.2, 0.25) is 0 Å². The number of nitrogens with one attached hydrogen (secondary N) is 2. The summed E-state index contributed by atoms with van der Waals surface area (Å²) in [5, 5.41) is 8.11. The summed E-state index contributed by atoms with van der Waals surface area (Å²) in [7, 11) is 0. The first-order valence-electron chi connectivity index (χ1n) is 9.66. The van der Waals surface area contributed by atoms with Crippen molar-refractivity contribution in [1.82, 2.24) is 5.53 Å². The van der Waals surface area contributed by atoms with Crippen molar-refractivity contribution in [2.75, 3.05) is 11.2 Å². The minimum Gasteiger partial charge on any atom is -0.399 e. The van der Waals surface area contributed by atoms with Crippen LogP contribution in [0, 0.1) is 6.92 Å². The topological polar surface area (TPSA) is 74.8 Å². The Balaban J connectivity index is 0.000000310. The summed E-state index contributed by atoms with van der Waals surface area (Å²) in [5.41, 5.74) is 17.2. The number of hydrazine groups is 1. The first kappa shape index (κ1) is 20.6. The molecule has 0 fully saturated rings. The number of benzene rings is 4. The second-order valence-electron chi connectivity index (χ2n) is 6.58. The van der Waals surface area contributed by atoms with Crippen molar-refractivity contribution in [3.63, 3.8) is 0 Å². The number of para-hydroxylation sites is 2. The second kappa shape index (κ2) is 11.0. The molecule has 0 bridgehead atoms. The third kappa shape index (κ3) is 6.49. The molecule has 4 N–H and O–H groups in total. The van der Waals surface area contributed by atoms with E-state index in [1.807, 2.05) is 91.0 Å². The molecule has 0 aliphatic heterocycles. The molecule has 0 saturated heterocycles. The van der Waals surface area contributed by atoms with Crippen LogP contribution in [0.5, 0.6) is 0 Å². The average molecular weight is 396 g/mol. The molecule has 5 nitrogen and oxygen atoms in total. The van der Waals surface area contributed by atoms with Gasteiger partial charge >= 0.3 is 0 Å². The lowest BCUT2D eigenvalue weighted by atomic mass is 10.0. The molecule has 30 heavy (non-hydrogen) atoms. The van der Waals surface area contributed by atoms with Crippen LogP contribution in [0.15, 0.2) is 120 Å². The number of hydrogen-bond donors (Lipinski definition) is 3. The Morgan fingerprint density at radius 3 is 1.87 bits per heavy atom. The second-order valence-corrected chi connectivity index (χ2v) is 6.58. The van der Waals surface area contributed by atoms with Gasteiger partial charge < -0.3 is 5.73 Å². The Morgan fingerprint density at radius 2 is 1.30 bits per heavy atom. The van der Waals surface area contributed by atoms with Crippen molar-refractivity contribution in [3.05, 3.63) is 115 Å². The van der Waals surface area contributed by atoms with E-state index >= 15 is 0 Å². The summed E-state index contributed by atoms with van der Waals surface area (Å²) in [5.74, 6) is 0. The number of nitrogen functional groups attached to an aromatic ring is 1. The van der Waals surface area contributed by atoms with Gasteiger partial charge in [-0.1, -0.05) is 78.0 Å². The SMILES string of the molecule is Cc1cc(N=NNNc2ccccc2)ccc1-c1ccccc1.Nc1ccccc1. The fourth-order valence-corrected chi connectivity index (χ4v) is 2.80. The van der Waals surface area contributed by atoms with Gasteiger partial charge in [-0.25, -0.2) is 5.53 Å². The van der Waals surface area contributed by atoms with E-state index in [2.05, 4.69) is 46.4 Å². The van der Waals surface area contributed by atoms with Gasteiger partial charge in [-0.15, -0.1) is 5.11 Å². The van der Waals surface area contributed by atoms with E-state index < -0.39 is 0 Å². The molecule has 4 rings (SSSR count). The van der Waals surface area contributed by atoms with Crippen LogP contribution in [0.3, 0.4) is 0 Å². The Bertz CT molecular complexity index is 1050. The van der Waals surface area contributed by atoms with Gasteiger partial charge in [0, 0.05) is 5.69 Å². The zero-order valence-corrected chi connectivity index (χ0v) is 16.9. The first-order chi connectivity index (χ1) is 14.7. The summed E-state index contributed by atoms with van der Waals surface area (Å²) < 4.78 is 0. The van der Waals surface area contributed by atoms with Crippen LogP contribution in [0.4, 0.5) is 17.1 Å². The van der Waals surface area contributed by atoms with Crippen LogP contribution >= 0.6 is 0 Å². The normalized spacial score (nSPS) is 10.2. The van der Waals surface area contributed by atoms with Gasteiger partial charge in [0.1, 0.15) is 0 Å². The Morgan fingerprint density at radius 1 is 0.700 bits per heavy atom. The van der Waals surface area contributed by atoms with Gasteiger partial charge in [0.05, 0.1) is 11.4 Å². The first-order valence-corrected chi connectivity index (χ1v) is 9.66. The number of hydrogen-bond acceptors (Lipinski definition) is 4. The lowest BCUT2D eigenvalue weighted by molar-refractivity contribution is 0.806. The zero-order chi connectivity index (χ0) is 21.0. The summed E-state index contributed by atoms with van der Waals surface area (Å²) in [6.45, 7) is 2.08. The molecule has 0 saturated carbocycles. The number of anilines is 2. The summed E-state index contributed by atoms with van der Waals surface area (Å²) in [4.78, 5) is 0. The van der Waals surface area contributed by atoms with E-state index in [9.17, 15) is 0 Å². The predicted octanol–water partition coefficient (Wildman–Crippen LogP) is 6.55. The van der Waals surface area contributed by atoms with Crippen molar-refractivity contribution in [1.29, 1.82) is 0 Å². The van der Waals surface area contributed by atoms with Gasteiger partial charge in [-0.05, 0) is 60.0 Å². The van der Waals surface area contributed by atoms with Crippen LogP contribution in [0.1, 0.15) is 5.56 Å². The van der Waals surface area contributed by atoms with Crippen molar-refractivity contribution in [2.45, 2.75) is 6.92 Å². The molecule has 0 aliphatic rings. The van der Waals surface area contributed by atoms with Gasteiger partial charge in [-0.3, -0.25) is 5.43 Å². The molecule has 0 radical (unpaired) electrons. The lowest BCUT2D eigenvalue weighted by Gasteiger charge is -2.06. The molecule has 0 atom stereocenters. The molecule has 0 aromatic heterocycles. The maximum atomic E-state index is 5.36. The molecule has 150 valence electrons. The maximum Gasteiger partial charge on any atom is 0.0877 e. The van der Waals surface area contributed by atoms with Crippen molar-refractivity contribution in [3.8, 4) is 11.1 Å². The molecule has 0 amide bonds. The lowest BCUT2D eigenvalue weighted by Crippen LogP contribution is -2.13. The van der Waals surface area contributed by atoms with E-state index in [0.29, 0.717) is 0 Å². The van der Waals surface area contributed by atoms with Gasteiger partial charge in [0.15, 0.2) is 0 Å². The van der Waals surface area contributed by atoms with Gasteiger partial charge in [0.25, 0.3) is 0 Å².